The van der Waals surface area contributed by atoms with Gasteiger partial charge in [-0.25, -0.2) is 4.98 Å². The van der Waals surface area contributed by atoms with Crippen LogP contribution in [0, 0.1) is 0 Å². The van der Waals surface area contributed by atoms with Crippen LogP contribution in [0.2, 0.25) is 0 Å². The van der Waals surface area contributed by atoms with Crippen molar-refractivity contribution in [1.29, 1.82) is 0 Å². The van der Waals surface area contributed by atoms with Gasteiger partial charge in [0.15, 0.2) is 0 Å². The van der Waals surface area contributed by atoms with Gasteiger partial charge >= 0.3 is 0 Å². The highest BCUT2D eigenvalue weighted by Gasteiger charge is 2.29. The maximum atomic E-state index is 4.65. The Bertz CT molecular complexity index is 580. The molecule has 0 bridgehead atoms. The first-order valence-electron chi connectivity index (χ1n) is 7.23. The average molecular weight is 273 g/mol. The molecule has 0 spiro atoms. The Balaban J connectivity index is 1.64. The van der Waals surface area contributed by atoms with Crippen molar-refractivity contribution in [2.24, 2.45) is 0 Å². The fraction of sp³-hybridized carbons (Fsp3) is 0.533. The lowest BCUT2D eigenvalue weighted by atomic mass is 9.99. The summed E-state index contributed by atoms with van der Waals surface area (Å²) in [6.07, 6.45) is 6.09. The summed E-state index contributed by atoms with van der Waals surface area (Å²) >= 11 is 1.81. The molecule has 2 aliphatic rings. The van der Waals surface area contributed by atoms with Gasteiger partial charge in [0, 0.05) is 42.0 Å². The van der Waals surface area contributed by atoms with E-state index >= 15 is 0 Å². The molecule has 3 nitrogen and oxygen atoms in total. The van der Waals surface area contributed by atoms with Gasteiger partial charge in [0.25, 0.3) is 0 Å². The zero-order valence-corrected chi connectivity index (χ0v) is 11.9. The molecule has 2 saturated heterocycles. The highest BCUT2D eigenvalue weighted by Crippen LogP contribution is 2.31. The van der Waals surface area contributed by atoms with Gasteiger partial charge in [-0.3, -0.25) is 4.90 Å². The third-order valence-corrected chi connectivity index (χ3v) is 5.38. The van der Waals surface area contributed by atoms with Crippen LogP contribution < -0.4 is 4.90 Å². The minimum Gasteiger partial charge on any atom is -0.353 e. The molecule has 0 radical (unpaired) electrons. The normalized spacial score (nSPS) is 24.6. The molecule has 2 aromatic rings. The van der Waals surface area contributed by atoms with Crippen LogP contribution in [0.15, 0.2) is 23.7 Å². The number of fused-ring (bicyclic) bond motifs is 2. The van der Waals surface area contributed by atoms with E-state index in [-0.39, 0.29) is 0 Å². The lowest BCUT2D eigenvalue weighted by molar-refractivity contribution is 0.133. The van der Waals surface area contributed by atoms with E-state index in [1.165, 1.54) is 48.3 Å². The predicted molar refractivity (Wildman–Crippen MR) is 81.0 cm³/mol. The van der Waals surface area contributed by atoms with E-state index in [4.69, 9.17) is 0 Å². The van der Waals surface area contributed by atoms with Gasteiger partial charge in [-0.15, -0.1) is 11.3 Å². The highest BCUT2D eigenvalue weighted by molar-refractivity contribution is 7.17. The number of thiophene rings is 1. The Morgan fingerprint density at radius 3 is 3.16 bits per heavy atom. The molecule has 100 valence electrons. The molecule has 2 aliphatic heterocycles. The van der Waals surface area contributed by atoms with Crippen molar-refractivity contribution < 1.29 is 0 Å². The summed E-state index contributed by atoms with van der Waals surface area (Å²) in [7, 11) is 0. The largest absolute Gasteiger partial charge is 0.353 e. The zero-order chi connectivity index (χ0) is 12.7. The van der Waals surface area contributed by atoms with Gasteiger partial charge in [-0.1, -0.05) is 6.42 Å². The van der Waals surface area contributed by atoms with Gasteiger partial charge in [0.1, 0.15) is 5.82 Å². The maximum Gasteiger partial charge on any atom is 0.137 e. The number of anilines is 1. The van der Waals surface area contributed by atoms with Crippen molar-refractivity contribution in [1.82, 2.24) is 9.88 Å². The summed E-state index contributed by atoms with van der Waals surface area (Å²) in [5, 5.41) is 3.50. The molecular weight excluding hydrogens is 254 g/mol. The van der Waals surface area contributed by atoms with Crippen molar-refractivity contribution in [2.45, 2.75) is 25.3 Å². The van der Waals surface area contributed by atoms with Crippen LogP contribution >= 0.6 is 11.3 Å². The second-order valence-electron chi connectivity index (χ2n) is 5.60. The second-order valence-corrected chi connectivity index (χ2v) is 6.55. The molecule has 4 heterocycles. The quantitative estimate of drug-likeness (QED) is 0.796. The molecule has 0 amide bonds. The zero-order valence-electron chi connectivity index (χ0n) is 11.1. The molecule has 2 aromatic heterocycles. The molecule has 0 saturated carbocycles. The van der Waals surface area contributed by atoms with Crippen molar-refractivity contribution in [3.63, 3.8) is 0 Å². The molecule has 0 aromatic carbocycles. The molecule has 2 fully saturated rings. The highest BCUT2D eigenvalue weighted by atomic mass is 32.1. The van der Waals surface area contributed by atoms with Crippen molar-refractivity contribution in [2.75, 3.05) is 31.1 Å². The third-order valence-electron chi connectivity index (χ3n) is 4.50. The number of rotatable bonds is 1. The van der Waals surface area contributed by atoms with Gasteiger partial charge in [-0.05, 0) is 36.9 Å². The Labute approximate surface area is 117 Å². The number of piperazine rings is 1. The number of piperidine rings is 1. The van der Waals surface area contributed by atoms with E-state index in [0.717, 1.165) is 19.1 Å². The van der Waals surface area contributed by atoms with E-state index in [0.29, 0.717) is 0 Å². The van der Waals surface area contributed by atoms with Crippen molar-refractivity contribution in [3.05, 3.63) is 23.7 Å². The van der Waals surface area contributed by atoms with Crippen molar-refractivity contribution >= 4 is 27.2 Å². The SMILES string of the molecule is c1cc2sccc2c(N2CCN3CCCCC3C2)n1. The lowest BCUT2D eigenvalue weighted by Gasteiger charge is -2.44. The maximum absolute atomic E-state index is 4.65. The minimum atomic E-state index is 0.748. The third kappa shape index (κ3) is 2.03. The molecule has 19 heavy (non-hydrogen) atoms. The van der Waals surface area contributed by atoms with Crippen LogP contribution in [0.25, 0.3) is 10.1 Å². The summed E-state index contributed by atoms with van der Waals surface area (Å²) < 4.78 is 1.36. The summed E-state index contributed by atoms with van der Waals surface area (Å²) in [4.78, 5) is 9.83. The summed E-state index contributed by atoms with van der Waals surface area (Å²) in [5.41, 5.74) is 0. The average Bonchev–Trinajstić information content (AvgIpc) is 2.95. The topological polar surface area (TPSA) is 19.4 Å². The first-order chi connectivity index (χ1) is 9.42. The van der Waals surface area contributed by atoms with E-state index in [1.807, 2.05) is 17.5 Å². The Hall–Kier alpha value is -1.13. The number of aromatic nitrogens is 1. The fourth-order valence-electron chi connectivity index (χ4n) is 3.48. The number of hydrogen-bond acceptors (Lipinski definition) is 4. The molecule has 0 N–H and O–H groups in total. The monoisotopic (exact) mass is 273 g/mol. The van der Waals surface area contributed by atoms with Crippen LogP contribution in [0.1, 0.15) is 19.3 Å². The van der Waals surface area contributed by atoms with Gasteiger partial charge < -0.3 is 4.90 Å². The lowest BCUT2D eigenvalue weighted by Crippen LogP contribution is -2.55. The molecule has 0 aliphatic carbocycles. The second kappa shape index (κ2) is 4.76. The van der Waals surface area contributed by atoms with E-state index in [2.05, 4.69) is 32.3 Å². The molecular formula is C15H19N3S. The summed E-state index contributed by atoms with van der Waals surface area (Å²) in [6, 6.07) is 5.09. The number of pyridine rings is 1. The van der Waals surface area contributed by atoms with Crippen LogP contribution in [0.5, 0.6) is 0 Å². The molecule has 4 rings (SSSR count). The Kier molecular flexibility index (Phi) is 2.93. The van der Waals surface area contributed by atoms with E-state index < -0.39 is 0 Å². The van der Waals surface area contributed by atoms with Gasteiger partial charge in [-0.2, -0.15) is 0 Å². The summed E-state index contributed by atoms with van der Waals surface area (Å²) in [6.45, 7) is 4.78. The van der Waals surface area contributed by atoms with Gasteiger partial charge in [0.05, 0.1) is 0 Å². The fourth-order valence-corrected chi connectivity index (χ4v) is 4.26. The van der Waals surface area contributed by atoms with Crippen LogP contribution in [-0.4, -0.2) is 42.1 Å². The van der Waals surface area contributed by atoms with Crippen LogP contribution in [0.3, 0.4) is 0 Å². The van der Waals surface area contributed by atoms with E-state index in [1.54, 1.807) is 0 Å². The Morgan fingerprint density at radius 2 is 2.16 bits per heavy atom. The van der Waals surface area contributed by atoms with Crippen molar-refractivity contribution in [3.8, 4) is 0 Å². The summed E-state index contributed by atoms with van der Waals surface area (Å²) in [5.74, 6) is 1.20. The van der Waals surface area contributed by atoms with Crippen LogP contribution in [-0.2, 0) is 0 Å². The number of nitrogens with zero attached hydrogens (tertiary/aromatic N) is 3. The molecule has 1 unspecified atom stereocenters. The molecule has 1 atom stereocenters. The first kappa shape index (κ1) is 11.7. The van der Waals surface area contributed by atoms with Gasteiger partial charge in [0.2, 0.25) is 0 Å². The van der Waals surface area contributed by atoms with Crippen LogP contribution in [0.4, 0.5) is 5.82 Å². The Morgan fingerprint density at radius 1 is 1.16 bits per heavy atom. The number of hydrogen-bond donors (Lipinski definition) is 0. The smallest absolute Gasteiger partial charge is 0.137 e. The predicted octanol–water partition coefficient (Wildman–Crippen LogP) is 2.97. The molecule has 4 heteroatoms. The first-order valence-corrected chi connectivity index (χ1v) is 8.11. The minimum absolute atomic E-state index is 0.748. The van der Waals surface area contributed by atoms with E-state index in [9.17, 15) is 0 Å². The standard InChI is InChI=1S/C15H19N3S/c1-2-7-17-8-9-18(11-12(17)3-1)15-13-5-10-19-14(13)4-6-16-15/h4-6,10,12H,1-3,7-9,11H2.